The number of H-pyrrole nitrogens is 1. The van der Waals surface area contributed by atoms with E-state index in [1.165, 1.54) is 5.57 Å². The largest absolute Gasteiger partial charge is 0.396 e. The Morgan fingerprint density at radius 1 is 1.33 bits per heavy atom. The summed E-state index contributed by atoms with van der Waals surface area (Å²) >= 11 is 0. The zero-order valence-electron chi connectivity index (χ0n) is 14.2. The average Bonchev–Trinajstić information content (AvgIpc) is 2.95. The Morgan fingerprint density at radius 3 is 2.88 bits per heavy atom. The number of aromatic nitrogens is 1. The maximum Gasteiger partial charge on any atom is 0.179 e. The number of Topliss-reactive ketones (excluding diaryl/α,β-unsaturated/α-hetero) is 1. The fourth-order valence-corrected chi connectivity index (χ4v) is 4.70. The summed E-state index contributed by atoms with van der Waals surface area (Å²) in [7, 11) is 2.13. The van der Waals surface area contributed by atoms with Gasteiger partial charge < -0.3 is 10.1 Å². The topological polar surface area (TPSA) is 56.3 Å². The third-order valence-electron chi connectivity index (χ3n) is 5.98. The van der Waals surface area contributed by atoms with Gasteiger partial charge in [-0.2, -0.15) is 0 Å². The first-order chi connectivity index (χ1) is 11.6. The van der Waals surface area contributed by atoms with Crippen molar-refractivity contribution >= 4 is 16.7 Å². The molecule has 1 aliphatic carbocycles. The van der Waals surface area contributed by atoms with E-state index in [1.54, 1.807) is 0 Å². The average molecular weight is 324 g/mol. The summed E-state index contributed by atoms with van der Waals surface area (Å²) in [6, 6.07) is 8.40. The molecule has 2 unspecified atom stereocenters. The zero-order chi connectivity index (χ0) is 16.8. The molecule has 1 saturated heterocycles. The van der Waals surface area contributed by atoms with Crippen LogP contribution in [-0.4, -0.2) is 47.0 Å². The van der Waals surface area contributed by atoms with Crippen LogP contribution < -0.4 is 0 Å². The molecule has 1 aromatic heterocycles. The molecule has 0 amide bonds. The van der Waals surface area contributed by atoms with Crippen molar-refractivity contribution in [1.82, 2.24) is 9.88 Å². The molecule has 2 aliphatic rings. The molecule has 4 rings (SSSR count). The summed E-state index contributed by atoms with van der Waals surface area (Å²) in [6.45, 7) is 3.05. The van der Waals surface area contributed by atoms with Crippen LogP contribution in [-0.2, 0) is 6.42 Å². The number of para-hydroxylation sites is 1. The van der Waals surface area contributed by atoms with Gasteiger partial charge >= 0.3 is 0 Å². The summed E-state index contributed by atoms with van der Waals surface area (Å²) < 4.78 is 0. The SMILES string of the molecule is CC=C1CN(C)C2Cc3c([nH]c4ccccc34)C(=O)C[C@@H]1C2CO. The minimum atomic E-state index is 0.112. The lowest BCUT2D eigenvalue weighted by molar-refractivity contribution is 0.0518. The standard InChI is InChI=1S/C20H24N2O2/c1-3-12-10-22(2)18-8-15-13-6-4-5-7-17(13)21-20(15)19(24)9-14(12)16(18)11-23/h3-7,14,16,18,21,23H,8-11H2,1-2H3/t14-,16?,18?/m0/s1. The van der Waals surface area contributed by atoms with Crippen molar-refractivity contribution in [2.45, 2.75) is 25.8 Å². The molecule has 1 aliphatic heterocycles. The number of fused-ring (bicyclic) bond motifs is 5. The van der Waals surface area contributed by atoms with Crippen molar-refractivity contribution in [3.8, 4) is 0 Å². The van der Waals surface area contributed by atoms with E-state index in [0.29, 0.717) is 6.42 Å². The van der Waals surface area contributed by atoms with Crippen LogP contribution in [0, 0.1) is 11.8 Å². The maximum absolute atomic E-state index is 13.0. The van der Waals surface area contributed by atoms with Crippen molar-refractivity contribution in [3.05, 3.63) is 47.2 Å². The fraction of sp³-hybridized carbons (Fsp3) is 0.450. The predicted molar refractivity (Wildman–Crippen MR) is 95.2 cm³/mol. The molecule has 126 valence electrons. The minimum Gasteiger partial charge on any atom is -0.396 e. The lowest BCUT2D eigenvalue weighted by atomic mass is 9.71. The quantitative estimate of drug-likeness (QED) is 0.793. The fourth-order valence-electron chi connectivity index (χ4n) is 4.70. The number of nitrogens with one attached hydrogen (secondary N) is 1. The van der Waals surface area contributed by atoms with Gasteiger partial charge in [0.05, 0.1) is 5.69 Å². The van der Waals surface area contributed by atoms with Crippen molar-refractivity contribution in [2.24, 2.45) is 11.8 Å². The monoisotopic (exact) mass is 324 g/mol. The number of rotatable bonds is 1. The van der Waals surface area contributed by atoms with Crippen LogP contribution in [0.4, 0.5) is 0 Å². The first-order valence-electron chi connectivity index (χ1n) is 8.73. The summed E-state index contributed by atoms with van der Waals surface area (Å²) in [4.78, 5) is 18.7. The number of ketones is 1. The van der Waals surface area contributed by atoms with E-state index in [4.69, 9.17) is 0 Å². The Morgan fingerprint density at radius 2 is 2.12 bits per heavy atom. The second-order valence-corrected chi connectivity index (χ2v) is 7.15. The van der Waals surface area contributed by atoms with Crippen LogP contribution >= 0.6 is 0 Å². The normalized spacial score (nSPS) is 29.5. The summed E-state index contributed by atoms with van der Waals surface area (Å²) in [5.74, 6) is 0.431. The third kappa shape index (κ3) is 2.25. The molecular weight excluding hydrogens is 300 g/mol. The highest BCUT2D eigenvalue weighted by atomic mass is 16.3. The first kappa shape index (κ1) is 15.6. The van der Waals surface area contributed by atoms with Gasteiger partial charge in [-0.05, 0) is 37.9 Å². The smallest absolute Gasteiger partial charge is 0.179 e. The van der Waals surface area contributed by atoms with Gasteiger partial charge in [0.25, 0.3) is 0 Å². The van der Waals surface area contributed by atoms with Crippen molar-refractivity contribution in [3.63, 3.8) is 0 Å². The molecule has 2 aromatic rings. The van der Waals surface area contributed by atoms with Gasteiger partial charge in [-0.25, -0.2) is 0 Å². The summed E-state index contributed by atoms with van der Waals surface area (Å²) in [5.41, 5.74) is 4.20. The lowest BCUT2D eigenvalue weighted by Gasteiger charge is -2.46. The van der Waals surface area contributed by atoms with Crippen molar-refractivity contribution in [2.75, 3.05) is 20.2 Å². The van der Waals surface area contributed by atoms with Crippen molar-refractivity contribution in [1.29, 1.82) is 0 Å². The predicted octanol–water partition coefficient (Wildman–Crippen LogP) is 2.78. The van der Waals surface area contributed by atoms with E-state index in [0.717, 1.165) is 35.1 Å². The number of aromatic amines is 1. The van der Waals surface area contributed by atoms with Crippen LogP contribution in [0.25, 0.3) is 10.9 Å². The van der Waals surface area contributed by atoms with E-state index in [1.807, 2.05) is 25.1 Å². The van der Waals surface area contributed by atoms with E-state index >= 15 is 0 Å². The molecule has 2 N–H and O–H groups in total. The number of benzene rings is 1. The molecule has 3 atom stereocenters. The number of hydrogen-bond acceptors (Lipinski definition) is 3. The Kier molecular flexibility index (Phi) is 3.82. The zero-order valence-corrected chi connectivity index (χ0v) is 14.2. The van der Waals surface area contributed by atoms with Crippen LogP contribution in [0.5, 0.6) is 0 Å². The Labute approximate surface area is 142 Å². The van der Waals surface area contributed by atoms with Crippen LogP contribution in [0.2, 0.25) is 0 Å². The Bertz CT molecular complexity index is 820. The maximum atomic E-state index is 13.0. The number of aliphatic hydroxyl groups excluding tert-OH is 1. The van der Waals surface area contributed by atoms with Gasteiger partial charge in [0.2, 0.25) is 0 Å². The molecule has 0 radical (unpaired) electrons. The Hall–Kier alpha value is -1.91. The molecule has 24 heavy (non-hydrogen) atoms. The summed E-state index contributed by atoms with van der Waals surface area (Å²) in [5, 5.41) is 11.2. The number of nitrogens with zero attached hydrogens (tertiary/aromatic N) is 1. The number of hydrogen-bond donors (Lipinski definition) is 2. The number of carbonyl (C=O) groups excluding carboxylic acids is 1. The van der Waals surface area contributed by atoms with Gasteiger partial charge in [-0.1, -0.05) is 29.8 Å². The lowest BCUT2D eigenvalue weighted by Crippen LogP contribution is -2.52. The number of allylic oxidation sites excluding steroid dienone is 1. The molecule has 0 spiro atoms. The van der Waals surface area contributed by atoms with E-state index in [-0.39, 0.29) is 30.3 Å². The molecule has 4 heteroatoms. The van der Waals surface area contributed by atoms with Crippen LogP contribution in [0.3, 0.4) is 0 Å². The second kappa shape index (κ2) is 5.87. The highest BCUT2D eigenvalue weighted by molar-refractivity contribution is 6.02. The minimum absolute atomic E-state index is 0.112. The molecule has 4 nitrogen and oxygen atoms in total. The van der Waals surface area contributed by atoms with E-state index < -0.39 is 0 Å². The highest BCUT2D eigenvalue weighted by Gasteiger charge is 2.42. The number of aliphatic hydroxyl groups is 1. The van der Waals surface area contributed by atoms with Crippen molar-refractivity contribution < 1.29 is 9.90 Å². The molecule has 0 saturated carbocycles. The Balaban J connectivity index is 1.89. The van der Waals surface area contributed by atoms with E-state index in [9.17, 15) is 9.90 Å². The van der Waals surface area contributed by atoms with Crippen LogP contribution in [0.1, 0.15) is 29.4 Å². The van der Waals surface area contributed by atoms with E-state index in [2.05, 4.69) is 29.1 Å². The second-order valence-electron chi connectivity index (χ2n) is 7.15. The molecule has 1 aromatic carbocycles. The van der Waals surface area contributed by atoms with Gasteiger partial charge in [-0.3, -0.25) is 9.69 Å². The number of likely N-dealkylation sites (N-methyl/N-ethyl adjacent to an activating group) is 1. The van der Waals surface area contributed by atoms with Gasteiger partial charge in [-0.15, -0.1) is 0 Å². The molecular formula is C20H24N2O2. The van der Waals surface area contributed by atoms with Gasteiger partial charge in [0.15, 0.2) is 5.78 Å². The first-order valence-corrected chi connectivity index (χ1v) is 8.73. The molecule has 2 bridgehead atoms. The van der Waals surface area contributed by atoms with Gasteiger partial charge in [0.1, 0.15) is 0 Å². The highest BCUT2D eigenvalue weighted by Crippen LogP contribution is 2.40. The summed E-state index contributed by atoms with van der Waals surface area (Å²) in [6.07, 6.45) is 3.41. The number of carbonyl (C=O) groups is 1. The molecule has 1 fully saturated rings. The number of piperidine rings is 1. The van der Waals surface area contributed by atoms with Gasteiger partial charge in [0, 0.05) is 42.4 Å². The number of likely N-dealkylation sites (tertiary alicyclic amines) is 1. The third-order valence-corrected chi connectivity index (χ3v) is 5.98. The van der Waals surface area contributed by atoms with Crippen LogP contribution in [0.15, 0.2) is 35.9 Å². The molecule has 2 heterocycles.